The van der Waals surface area contributed by atoms with Gasteiger partial charge < -0.3 is 21.1 Å². The molecule has 9 heteroatoms. The van der Waals surface area contributed by atoms with E-state index in [0.717, 1.165) is 25.8 Å². The number of hydrazine groups is 1. The number of alkyl halides is 1. The highest BCUT2D eigenvalue weighted by molar-refractivity contribution is 5.82. The summed E-state index contributed by atoms with van der Waals surface area (Å²) in [5, 5.41) is 15.4. The van der Waals surface area contributed by atoms with E-state index in [-0.39, 0.29) is 24.3 Å². The van der Waals surface area contributed by atoms with Crippen LogP contribution in [0.5, 0.6) is 0 Å². The zero-order chi connectivity index (χ0) is 21.0. The molecule has 5 N–H and O–H groups in total. The highest BCUT2D eigenvalue weighted by atomic mass is 19.1. The Balaban J connectivity index is 1.40. The van der Waals surface area contributed by atoms with Crippen molar-refractivity contribution in [3.8, 4) is 0 Å². The lowest BCUT2D eigenvalue weighted by molar-refractivity contribution is -0.142. The Bertz CT molecular complexity index is 580. The van der Waals surface area contributed by atoms with Crippen LogP contribution in [0.3, 0.4) is 0 Å². The Morgan fingerprint density at radius 1 is 1.38 bits per heavy atom. The summed E-state index contributed by atoms with van der Waals surface area (Å²) >= 11 is 0. The van der Waals surface area contributed by atoms with Crippen LogP contribution in [0.25, 0.3) is 0 Å². The van der Waals surface area contributed by atoms with Gasteiger partial charge in [0.25, 0.3) is 0 Å². The number of aliphatic hydroxyl groups excluding tert-OH is 1. The Labute approximate surface area is 172 Å². The monoisotopic (exact) mass is 413 g/mol. The molecule has 2 amide bonds. The van der Waals surface area contributed by atoms with E-state index in [0.29, 0.717) is 44.8 Å². The number of aliphatic hydroxyl groups is 1. The molecule has 166 valence electrons. The number of piperidine rings is 1. The first-order chi connectivity index (χ1) is 13.8. The molecule has 0 aromatic rings. The lowest BCUT2D eigenvalue weighted by Gasteiger charge is -2.32. The molecule has 29 heavy (non-hydrogen) atoms. The average molecular weight is 414 g/mol. The lowest BCUT2D eigenvalue weighted by Crippen LogP contribution is -2.50. The number of hydrogen-bond donors (Lipinski definition) is 4. The second-order valence-corrected chi connectivity index (χ2v) is 9.02. The molecule has 0 radical (unpaired) electrons. The zero-order valence-corrected chi connectivity index (χ0v) is 17.4. The molecule has 1 aliphatic carbocycles. The fourth-order valence-corrected chi connectivity index (χ4v) is 4.83. The quantitative estimate of drug-likeness (QED) is 0.459. The van der Waals surface area contributed by atoms with E-state index < -0.39 is 24.2 Å². The van der Waals surface area contributed by atoms with E-state index in [2.05, 4.69) is 15.8 Å². The zero-order valence-electron chi connectivity index (χ0n) is 17.4. The normalized spacial score (nSPS) is 33.5. The molecule has 3 fully saturated rings. The maximum atomic E-state index is 13.6. The topological polar surface area (TPSA) is 111 Å². The number of nitrogens with two attached hydrogens (primary N) is 1. The van der Waals surface area contributed by atoms with Crippen LogP contribution < -0.4 is 16.5 Å². The summed E-state index contributed by atoms with van der Waals surface area (Å²) in [4.78, 5) is 26.3. The van der Waals surface area contributed by atoms with Crippen molar-refractivity contribution in [1.82, 2.24) is 20.7 Å². The first-order valence-electron chi connectivity index (χ1n) is 10.9. The Morgan fingerprint density at radius 3 is 2.93 bits per heavy atom. The maximum absolute atomic E-state index is 13.6. The van der Waals surface area contributed by atoms with Crippen LogP contribution in [0.2, 0.25) is 0 Å². The molecule has 6 unspecified atom stereocenters. The minimum absolute atomic E-state index is 0.0694. The molecule has 2 saturated heterocycles. The van der Waals surface area contributed by atoms with Crippen LogP contribution >= 0.6 is 0 Å². The van der Waals surface area contributed by atoms with Crippen molar-refractivity contribution in [1.29, 1.82) is 0 Å². The number of likely N-dealkylation sites (tertiary alicyclic amines) is 1. The Kier molecular flexibility index (Phi) is 7.84. The molecule has 3 aliphatic rings. The highest BCUT2D eigenvalue weighted by Gasteiger charge is 2.35. The van der Waals surface area contributed by atoms with E-state index in [1.807, 2.05) is 0 Å². The van der Waals surface area contributed by atoms with Crippen molar-refractivity contribution in [2.45, 2.75) is 69.3 Å². The summed E-state index contributed by atoms with van der Waals surface area (Å²) in [5.74, 6) is -0.517. The Hall–Kier alpha value is -1.29. The molecule has 0 aromatic carbocycles. The third kappa shape index (κ3) is 6.10. The van der Waals surface area contributed by atoms with Crippen LogP contribution in [-0.2, 0) is 9.59 Å². The fraction of sp³-hybridized carbons (Fsp3) is 0.900. The SMILES string of the molecule is CN1CCCC(C(O)CC(N)C(=O)NC2CNN(CC3CCCC(F)C3)C2)C1=O. The van der Waals surface area contributed by atoms with Crippen LogP contribution in [0.4, 0.5) is 4.39 Å². The third-order valence-electron chi connectivity index (χ3n) is 6.54. The number of rotatable bonds is 7. The maximum Gasteiger partial charge on any atom is 0.237 e. The second kappa shape index (κ2) is 10.1. The molecule has 0 spiro atoms. The first-order valence-corrected chi connectivity index (χ1v) is 10.9. The standard InChI is InChI=1S/C20H36FN5O3/c1-25-7-3-6-16(20(25)29)18(27)9-17(22)19(28)24-15-10-23-26(12-15)11-13-4-2-5-14(21)8-13/h13-18,23,27H,2-12,22H2,1H3,(H,24,28). The predicted molar refractivity (Wildman–Crippen MR) is 107 cm³/mol. The summed E-state index contributed by atoms with van der Waals surface area (Å²) in [6, 6.07) is -0.928. The van der Waals surface area contributed by atoms with Gasteiger partial charge in [-0.2, -0.15) is 0 Å². The average Bonchev–Trinajstić information content (AvgIpc) is 3.10. The molecule has 2 aliphatic heterocycles. The van der Waals surface area contributed by atoms with Gasteiger partial charge in [-0.05, 0) is 44.4 Å². The number of carbonyl (C=O) groups is 2. The molecule has 2 heterocycles. The van der Waals surface area contributed by atoms with Crippen molar-refractivity contribution >= 4 is 11.8 Å². The van der Waals surface area contributed by atoms with Gasteiger partial charge in [0.15, 0.2) is 0 Å². The van der Waals surface area contributed by atoms with E-state index in [4.69, 9.17) is 5.73 Å². The fourth-order valence-electron chi connectivity index (χ4n) is 4.83. The summed E-state index contributed by atoms with van der Waals surface area (Å²) in [6.45, 7) is 2.75. The molecule has 0 bridgehead atoms. The number of halogens is 1. The van der Waals surface area contributed by atoms with E-state index in [1.54, 1.807) is 11.9 Å². The van der Waals surface area contributed by atoms with E-state index >= 15 is 0 Å². The number of nitrogens with one attached hydrogen (secondary N) is 2. The van der Waals surface area contributed by atoms with Crippen LogP contribution in [-0.4, -0.2) is 84.4 Å². The smallest absolute Gasteiger partial charge is 0.237 e. The molecule has 0 aromatic heterocycles. The highest BCUT2D eigenvalue weighted by Crippen LogP contribution is 2.27. The van der Waals surface area contributed by atoms with E-state index in [9.17, 15) is 19.1 Å². The van der Waals surface area contributed by atoms with Gasteiger partial charge >= 0.3 is 0 Å². The molecular weight excluding hydrogens is 377 g/mol. The van der Waals surface area contributed by atoms with Crippen molar-refractivity contribution in [3.05, 3.63) is 0 Å². The van der Waals surface area contributed by atoms with Gasteiger partial charge in [-0.1, -0.05) is 6.42 Å². The van der Waals surface area contributed by atoms with Gasteiger partial charge in [-0.15, -0.1) is 0 Å². The van der Waals surface area contributed by atoms with Crippen molar-refractivity contribution in [2.75, 3.05) is 33.2 Å². The molecule has 1 saturated carbocycles. The predicted octanol–water partition coefficient (Wildman–Crippen LogP) is -0.234. The van der Waals surface area contributed by atoms with Gasteiger partial charge in [-0.25, -0.2) is 9.40 Å². The van der Waals surface area contributed by atoms with Gasteiger partial charge in [0, 0.05) is 33.2 Å². The summed E-state index contributed by atoms with van der Waals surface area (Å²) in [5.41, 5.74) is 9.28. The van der Waals surface area contributed by atoms with Crippen LogP contribution in [0, 0.1) is 11.8 Å². The van der Waals surface area contributed by atoms with Crippen molar-refractivity contribution in [3.63, 3.8) is 0 Å². The van der Waals surface area contributed by atoms with E-state index in [1.165, 1.54) is 0 Å². The summed E-state index contributed by atoms with van der Waals surface area (Å²) in [7, 11) is 1.73. The molecule has 6 atom stereocenters. The third-order valence-corrected chi connectivity index (χ3v) is 6.54. The lowest BCUT2D eigenvalue weighted by atomic mass is 9.88. The number of hydrogen-bond acceptors (Lipinski definition) is 6. The number of amides is 2. The number of carbonyl (C=O) groups excluding carboxylic acids is 2. The van der Waals surface area contributed by atoms with Crippen LogP contribution in [0.1, 0.15) is 44.9 Å². The van der Waals surface area contributed by atoms with Crippen molar-refractivity contribution in [2.24, 2.45) is 17.6 Å². The largest absolute Gasteiger partial charge is 0.392 e. The van der Waals surface area contributed by atoms with Crippen molar-refractivity contribution < 1.29 is 19.1 Å². The summed E-state index contributed by atoms with van der Waals surface area (Å²) < 4.78 is 13.6. The van der Waals surface area contributed by atoms with Gasteiger partial charge in [0.1, 0.15) is 6.17 Å². The molecular formula is C20H36FN5O3. The molecule has 8 nitrogen and oxygen atoms in total. The van der Waals surface area contributed by atoms with Gasteiger partial charge in [0.2, 0.25) is 11.8 Å². The molecule has 3 rings (SSSR count). The van der Waals surface area contributed by atoms with Gasteiger partial charge in [-0.3, -0.25) is 15.0 Å². The van der Waals surface area contributed by atoms with Gasteiger partial charge in [0.05, 0.1) is 24.1 Å². The Morgan fingerprint density at radius 2 is 2.17 bits per heavy atom. The van der Waals surface area contributed by atoms with Crippen LogP contribution in [0.15, 0.2) is 0 Å². The minimum Gasteiger partial charge on any atom is -0.392 e. The first kappa shape index (κ1) is 22.4. The second-order valence-electron chi connectivity index (χ2n) is 9.02. The number of nitrogens with zero attached hydrogens (tertiary/aromatic N) is 2. The summed E-state index contributed by atoms with van der Waals surface area (Å²) in [6.07, 6.45) is 3.22. The minimum atomic E-state index is -0.913.